The Bertz CT molecular complexity index is 3800. The molecule has 0 amide bonds. The van der Waals surface area contributed by atoms with Crippen LogP contribution in [0.25, 0.3) is 0 Å². The molecule has 23 nitrogen and oxygen atoms in total. The number of fused-ring (bicyclic) bond motifs is 6. The maximum atomic E-state index is 12.2. The van der Waals surface area contributed by atoms with E-state index in [9.17, 15) is 64.2 Å². The van der Waals surface area contributed by atoms with Crippen LogP contribution in [-0.4, -0.2) is 164 Å². The molecule has 0 aliphatic heterocycles. The number of aliphatic hydroxyl groups excluding tert-OH is 6. The second-order valence-electron chi connectivity index (χ2n) is 32.1. The summed E-state index contributed by atoms with van der Waals surface area (Å²) in [5.41, 5.74) is 8.70. The van der Waals surface area contributed by atoms with Crippen molar-refractivity contribution in [1.82, 2.24) is 0 Å². The van der Waals surface area contributed by atoms with Crippen molar-refractivity contribution in [3.05, 3.63) is 160 Å². The number of unbranched alkanes of at least 4 members (excludes halogenated alkanes) is 6. The van der Waals surface area contributed by atoms with E-state index in [1.807, 2.05) is 97.1 Å². The summed E-state index contributed by atoms with van der Waals surface area (Å²) in [6.07, 6.45) is 22.9. The molecule has 0 aromatic heterocycles. The van der Waals surface area contributed by atoms with Crippen molar-refractivity contribution in [3.8, 4) is 17.2 Å². The molecule has 0 spiro atoms. The van der Waals surface area contributed by atoms with Crippen LogP contribution >= 0.6 is 15.9 Å². The summed E-state index contributed by atoms with van der Waals surface area (Å²) in [4.78, 5) is 77.7. The predicted molar refractivity (Wildman–Crippen MR) is 445 cm³/mol. The van der Waals surface area contributed by atoms with Crippen LogP contribution in [0.3, 0.4) is 0 Å². The Balaban J connectivity index is 0.000000221. The number of ether oxygens (including phenoxy) is 8. The SMILES string of the molecule is CCCCC[C@H](O)CC[C@@H]1[C@H]2Cc3cccc(OCC(=O)O)c3C[C@H]2C[C@H]1O.CCCCC[C@H](O)CC[C@@H]1[C@H]2Cc3cccc(OCC(=O)OCC(=O)O)c3C[C@H]2C[C@H]1O.CCCCC[C@H](O)CC[C@@H]1[C@H]2Cc3cccc(OCC(=O)OCC(=O)OCc4ccccc4)c3C[C@H]2C[C@H]1O.CCOC(C)=O.O=C(CBr)OCc1ccccc1. The van der Waals surface area contributed by atoms with Gasteiger partial charge in [0, 0.05) is 6.92 Å². The number of alkyl halides is 1. The Morgan fingerprint density at radius 3 is 1.03 bits per heavy atom. The van der Waals surface area contributed by atoms with E-state index in [2.05, 4.69) is 64.4 Å². The molecule has 6 aliphatic carbocycles. The first kappa shape index (κ1) is 96.2. The number of carbonyl (C=O) groups excluding carboxylic acids is 5. The topological polar surface area (TPSA) is 355 Å². The molecule has 5 aromatic carbocycles. The van der Waals surface area contributed by atoms with E-state index in [0.717, 1.165) is 201 Å². The average Bonchev–Trinajstić information content (AvgIpc) is 1.68. The third-order valence-corrected chi connectivity index (χ3v) is 24.1. The van der Waals surface area contributed by atoms with Gasteiger partial charge in [0.05, 0.1) is 43.2 Å². The molecular formula is C93H129BrO23. The normalized spacial score (nSPS) is 22.2. The number of carbonyl (C=O) groups is 7. The third kappa shape index (κ3) is 32.9. The minimum atomic E-state index is -1.20. The molecule has 0 heterocycles. The van der Waals surface area contributed by atoms with Gasteiger partial charge in [0.1, 0.15) is 35.8 Å². The number of esters is 5. The van der Waals surface area contributed by atoms with Crippen molar-refractivity contribution in [1.29, 1.82) is 0 Å². The van der Waals surface area contributed by atoms with Gasteiger partial charge in [-0.1, -0.05) is 192 Å². The zero-order chi connectivity index (χ0) is 84.6. The zero-order valence-electron chi connectivity index (χ0n) is 69.2. The maximum absolute atomic E-state index is 12.2. The van der Waals surface area contributed by atoms with Crippen LogP contribution in [0.15, 0.2) is 115 Å². The van der Waals surface area contributed by atoms with E-state index in [1.165, 1.54) is 23.6 Å². The van der Waals surface area contributed by atoms with E-state index in [-0.39, 0.29) is 98.1 Å². The van der Waals surface area contributed by atoms with Crippen LogP contribution in [0.2, 0.25) is 0 Å². The summed E-state index contributed by atoms with van der Waals surface area (Å²) in [7, 11) is 0. The lowest BCUT2D eigenvalue weighted by Crippen LogP contribution is -2.28. The molecule has 0 bridgehead atoms. The molecule has 5 aromatic rings. The minimum Gasteiger partial charge on any atom is -0.482 e. The Morgan fingerprint density at radius 2 is 0.718 bits per heavy atom. The van der Waals surface area contributed by atoms with Gasteiger partial charge in [-0.3, -0.25) is 9.59 Å². The van der Waals surface area contributed by atoms with Crippen LogP contribution < -0.4 is 14.2 Å². The molecule has 24 heteroatoms. The van der Waals surface area contributed by atoms with Gasteiger partial charge in [0.2, 0.25) is 0 Å². The van der Waals surface area contributed by atoms with Crippen LogP contribution in [0.1, 0.15) is 214 Å². The van der Waals surface area contributed by atoms with E-state index in [1.54, 1.807) is 6.92 Å². The van der Waals surface area contributed by atoms with Gasteiger partial charge < -0.3 is 78.7 Å². The first-order valence-electron chi connectivity index (χ1n) is 42.5. The van der Waals surface area contributed by atoms with Crippen LogP contribution in [0.5, 0.6) is 17.2 Å². The maximum Gasteiger partial charge on any atom is 0.344 e. The van der Waals surface area contributed by atoms with Gasteiger partial charge in [-0.25, -0.2) is 24.0 Å². The largest absolute Gasteiger partial charge is 0.482 e. The van der Waals surface area contributed by atoms with Crippen molar-refractivity contribution in [2.45, 2.75) is 258 Å². The Morgan fingerprint density at radius 1 is 0.385 bits per heavy atom. The first-order chi connectivity index (χ1) is 56.4. The summed E-state index contributed by atoms with van der Waals surface area (Å²) in [5.74, 6) is 0.303. The average molecular weight is 1690 g/mol. The number of aliphatic carboxylic acids is 2. The van der Waals surface area contributed by atoms with Gasteiger partial charge in [-0.05, 0) is 238 Å². The molecule has 15 atom stereocenters. The second-order valence-corrected chi connectivity index (χ2v) is 32.6. The number of hydrogen-bond acceptors (Lipinski definition) is 21. The van der Waals surface area contributed by atoms with Gasteiger partial charge >= 0.3 is 41.8 Å². The number of carboxylic acids is 2. The number of carboxylic acid groups (broad SMARTS) is 2. The van der Waals surface area contributed by atoms with E-state index < -0.39 is 43.1 Å². The van der Waals surface area contributed by atoms with Crippen molar-refractivity contribution in [2.75, 3.05) is 45.0 Å². The number of aliphatic hydroxyl groups is 6. The Hall–Kier alpha value is -7.97. The molecule has 0 saturated heterocycles. The first-order valence-corrected chi connectivity index (χ1v) is 43.7. The molecule has 8 N–H and O–H groups in total. The highest BCUT2D eigenvalue weighted by molar-refractivity contribution is 9.09. The van der Waals surface area contributed by atoms with Gasteiger partial charge in [-0.15, -0.1) is 0 Å². The summed E-state index contributed by atoms with van der Waals surface area (Å²) >= 11 is 3.01. The van der Waals surface area contributed by atoms with Crippen LogP contribution in [0.4, 0.5) is 0 Å². The lowest BCUT2D eigenvalue weighted by Gasteiger charge is -2.32. The molecule has 0 unspecified atom stereocenters. The molecular weight excluding hydrogens is 1560 g/mol. The van der Waals surface area contributed by atoms with E-state index in [4.69, 9.17) is 38.6 Å². The van der Waals surface area contributed by atoms with Gasteiger partial charge in [-0.2, -0.15) is 0 Å². The van der Waals surface area contributed by atoms with Crippen LogP contribution in [-0.2, 0) is 109 Å². The molecule has 11 rings (SSSR count). The highest BCUT2D eigenvalue weighted by Crippen LogP contribution is 2.52. The molecule has 646 valence electrons. The minimum absolute atomic E-state index is 0.126. The van der Waals surface area contributed by atoms with Crippen LogP contribution in [0, 0.1) is 53.3 Å². The zero-order valence-corrected chi connectivity index (χ0v) is 70.8. The molecule has 0 radical (unpaired) electrons. The molecule has 3 saturated carbocycles. The van der Waals surface area contributed by atoms with Crippen molar-refractivity contribution < 1.29 is 112 Å². The summed E-state index contributed by atoms with van der Waals surface area (Å²) < 4.78 is 41.1. The monoisotopic (exact) mass is 1690 g/mol. The Labute approximate surface area is 699 Å². The second kappa shape index (κ2) is 52.2. The highest BCUT2D eigenvalue weighted by atomic mass is 79.9. The standard InChI is InChI=1S/C32H42O7.C25H36O7.C23H34O5.C9H9BrO2.C4H8O2/c1-2-3-5-12-25(33)14-15-26-27-16-23-11-8-13-30(28(23)17-24(27)18-29(26)34)37-20-31(35)39-21-32(36)38-19-22-9-6-4-7-10-22;1-2-3-4-7-18(26)9-10-19-20-11-16-6-5-8-23(21(16)12-17(20)13-22(19)27)31-15-25(30)32-14-24(28)29;1-2-3-4-7-17(24)9-10-18-19-11-15-6-5-8-22(28-14-23(26)27)20(15)12-16(19)13-21(18)25;10-6-9(11)12-7-8-4-2-1-3-5-8;1-3-6-4(2)5/h4,6-11,13,24-27,29,33-34H,2-3,5,12,14-21H2,1H3;5-6,8,17-20,22,26-27H,2-4,7,9-15H2,1H3,(H,28,29);5-6,8,16-19,21,24-25H,2-4,7,9-14H2,1H3,(H,26,27);1-5H,6-7H2;3H2,1-2H3/t24-,25-,26+,27-,29+;17-,18-,19+,20-,22+;16-,17-,18+,19-,21+;;/m000../s1. The lowest BCUT2D eigenvalue weighted by atomic mass is 9.73. The van der Waals surface area contributed by atoms with E-state index in [0.29, 0.717) is 66.0 Å². The van der Waals surface area contributed by atoms with E-state index >= 15 is 0 Å². The van der Waals surface area contributed by atoms with Crippen molar-refractivity contribution >= 4 is 57.7 Å². The fourth-order valence-electron chi connectivity index (χ4n) is 17.8. The fraction of sp³-hybridized carbons (Fsp3) is 0.602. The third-order valence-electron chi connectivity index (χ3n) is 23.7. The fourth-order valence-corrected chi connectivity index (χ4v) is 18.0. The smallest absolute Gasteiger partial charge is 0.344 e. The number of rotatable bonds is 40. The highest BCUT2D eigenvalue weighted by Gasteiger charge is 2.48. The molecule has 117 heavy (non-hydrogen) atoms. The summed E-state index contributed by atoms with van der Waals surface area (Å²) in [6.45, 7) is 8.53. The number of halogens is 1. The number of benzene rings is 5. The van der Waals surface area contributed by atoms with Crippen molar-refractivity contribution in [3.63, 3.8) is 0 Å². The summed E-state index contributed by atoms with van der Waals surface area (Å²) in [6, 6.07) is 36.4. The number of hydrogen-bond donors (Lipinski definition) is 8. The van der Waals surface area contributed by atoms with Gasteiger partial charge in [0.15, 0.2) is 33.0 Å². The summed E-state index contributed by atoms with van der Waals surface area (Å²) in [5, 5.41) is 81.0. The lowest BCUT2D eigenvalue weighted by molar-refractivity contribution is -0.160. The molecule has 6 aliphatic rings. The molecule has 3 fully saturated rings. The predicted octanol–water partition coefficient (Wildman–Crippen LogP) is 14.2. The van der Waals surface area contributed by atoms with Gasteiger partial charge in [0.25, 0.3) is 0 Å². The quantitative estimate of drug-likeness (QED) is 0.00781. The van der Waals surface area contributed by atoms with Crippen molar-refractivity contribution in [2.24, 2.45) is 53.3 Å². The Kier molecular flexibility index (Phi) is 42.9.